The maximum absolute atomic E-state index is 11.5. The predicted molar refractivity (Wildman–Crippen MR) is 118 cm³/mol. The first-order chi connectivity index (χ1) is 15.1. The first kappa shape index (κ1) is 19.9. The number of aromatic nitrogens is 4. The van der Waals surface area contributed by atoms with Gasteiger partial charge in [0.25, 0.3) is 0 Å². The van der Waals surface area contributed by atoms with Crippen LogP contribution in [0.5, 0.6) is 0 Å². The molecule has 5 rings (SSSR count). The summed E-state index contributed by atoms with van der Waals surface area (Å²) < 4.78 is 0. The molecule has 3 aromatic heterocycles. The van der Waals surface area contributed by atoms with Crippen LogP contribution >= 0.6 is 0 Å². The third kappa shape index (κ3) is 3.87. The molecule has 0 saturated carbocycles. The van der Waals surface area contributed by atoms with E-state index in [1.165, 1.54) is 0 Å². The predicted octanol–water partition coefficient (Wildman–Crippen LogP) is 3.60. The van der Waals surface area contributed by atoms with Crippen molar-refractivity contribution in [3.8, 4) is 6.07 Å². The number of H-pyrrole nitrogens is 1. The Hall–Kier alpha value is -3.02. The van der Waals surface area contributed by atoms with Crippen molar-refractivity contribution in [2.45, 2.75) is 57.2 Å². The van der Waals surface area contributed by atoms with E-state index in [1.54, 1.807) is 6.20 Å². The summed E-state index contributed by atoms with van der Waals surface area (Å²) in [6.45, 7) is 2.78. The molecule has 2 fully saturated rings. The molecular formula is C23H27N7O. The lowest BCUT2D eigenvalue weighted by Crippen LogP contribution is -2.44. The lowest BCUT2D eigenvalue weighted by Gasteiger charge is -2.40. The van der Waals surface area contributed by atoms with Crippen LogP contribution in [-0.2, 0) is 0 Å². The Morgan fingerprint density at radius 2 is 2.10 bits per heavy atom. The Morgan fingerprint density at radius 3 is 2.81 bits per heavy atom. The number of hydrogen-bond donors (Lipinski definition) is 3. The zero-order valence-corrected chi connectivity index (χ0v) is 17.6. The monoisotopic (exact) mass is 417 g/mol. The van der Waals surface area contributed by atoms with E-state index in [2.05, 4.69) is 31.5 Å². The minimum absolute atomic E-state index is 0.148. The highest BCUT2D eigenvalue weighted by molar-refractivity contribution is 5.84. The summed E-state index contributed by atoms with van der Waals surface area (Å²) in [5.41, 5.74) is 2.44. The van der Waals surface area contributed by atoms with E-state index in [1.807, 2.05) is 31.2 Å². The molecule has 2 aliphatic heterocycles. The SMILES string of the molecule is Cc1cc(Nc2cc3ncccc3c([C@@H](O)C3CC4CCC(C3)N4CCC#N)n2)n[nH]1. The molecule has 0 amide bonds. The van der Waals surface area contributed by atoms with Gasteiger partial charge in [-0.1, -0.05) is 0 Å². The minimum Gasteiger partial charge on any atom is -0.386 e. The van der Waals surface area contributed by atoms with Gasteiger partial charge >= 0.3 is 0 Å². The Balaban J connectivity index is 1.43. The van der Waals surface area contributed by atoms with Crippen LogP contribution in [-0.4, -0.2) is 48.8 Å². The van der Waals surface area contributed by atoms with Gasteiger partial charge in [-0.15, -0.1) is 0 Å². The van der Waals surface area contributed by atoms with E-state index < -0.39 is 6.10 Å². The number of pyridine rings is 2. The molecule has 5 heterocycles. The fraction of sp³-hybridized carbons (Fsp3) is 0.478. The number of aliphatic hydroxyl groups is 1. The minimum atomic E-state index is -0.657. The van der Waals surface area contributed by atoms with Gasteiger partial charge in [-0.05, 0) is 50.7 Å². The standard InChI is InChI=1S/C23H27N7O/c1-14-10-21(29-28-14)26-20-13-19-18(4-2-8-25-19)22(27-20)23(31)15-11-16-5-6-17(12-15)30(16)9-3-7-24/h2,4,8,10,13,15-17,23,31H,3,5-6,9,11-12H2,1H3,(H2,26,27,28,29)/t15?,16?,17?,23-/m0/s1. The number of aliphatic hydroxyl groups excluding tert-OH is 1. The molecule has 8 heteroatoms. The smallest absolute Gasteiger partial charge is 0.153 e. The van der Waals surface area contributed by atoms with Gasteiger partial charge in [0.1, 0.15) is 5.82 Å². The summed E-state index contributed by atoms with van der Waals surface area (Å²) >= 11 is 0. The van der Waals surface area contributed by atoms with E-state index in [4.69, 9.17) is 10.2 Å². The van der Waals surface area contributed by atoms with Gasteiger partial charge in [-0.3, -0.25) is 15.0 Å². The molecule has 0 radical (unpaired) electrons. The zero-order valence-electron chi connectivity index (χ0n) is 17.6. The highest BCUT2D eigenvalue weighted by atomic mass is 16.3. The van der Waals surface area contributed by atoms with Gasteiger partial charge in [-0.2, -0.15) is 10.4 Å². The normalized spacial score (nSPS) is 24.2. The summed E-state index contributed by atoms with van der Waals surface area (Å²) in [5.74, 6) is 1.46. The first-order valence-electron chi connectivity index (χ1n) is 11.0. The van der Waals surface area contributed by atoms with Gasteiger partial charge in [0.05, 0.1) is 23.4 Å². The van der Waals surface area contributed by atoms with E-state index in [-0.39, 0.29) is 5.92 Å². The van der Waals surface area contributed by atoms with Gasteiger partial charge in [0, 0.05) is 54.5 Å². The molecule has 2 aliphatic rings. The van der Waals surface area contributed by atoms with Crippen LogP contribution in [0.1, 0.15) is 49.6 Å². The first-order valence-corrected chi connectivity index (χ1v) is 11.0. The topological polar surface area (TPSA) is 114 Å². The van der Waals surface area contributed by atoms with Crippen molar-refractivity contribution in [3.05, 3.63) is 41.9 Å². The van der Waals surface area contributed by atoms with Crippen molar-refractivity contribution < 1.29 is 5.11 Å². The lowest BCUT2D eigenvalue weighted by molar-refractivity contribution is 0.0243. The average Bonchev–Trinajstić information content (AvgIpc) is 3.28. The summed E-state index contributed by atoms with van der Waals surface area (Å²) in [5, 5.41) is 31.7. The fourth-order valence-corrected chi connectivity index (χ4v) is 5.35. The molecule has 31 heavy (non-hydrogen) atoms. The second-order valence-corrected chi connectivity index (χ2v) is 8.73. The number of aryl methyl sites for hydroxylation is 1. The molecule has 0 spiro atoms. The molecule has 8 nitrogen and oxygen atoms in total. The van der Waals surface area contributed by atoms with E-state index in [0.717, 1.165) is 48.8 Å². The molecule has 160 valence electrons. The maximum Gasteiger partial charge on any atom is 0.153 e. The van der Waals surface area contributed by atoms with Crippen LogP contribution < -0.4 is 5.32 Å². The lowest BCUT2D eigenvalue weighted by atomic mass is 9.84. The highest BCUT2D eigenvalue weighted by Crippen LogP contribution is 2.44. The highest BCUT2D eigenvalue weighted by Gasteiger charge is 2.43. The van der Waals surface area contributed by atoms with Crippen LogP contribution in [0.2, 0.25) is 0 Å². The molecule has 3 atom stereocenters. The molecule has 2 saturated heterocycles. The zero-order chi connectivity index (χ0) is 21.4. The van der Waals surface area contributed by atoms with Crippen LogP contribution in [0.25, 0.3) is 10.9 Å². The van der Waals surface area contributed by atoms with Crippen molar-refractivity contribution >= 4 is 22.5 Å². The largest absolute Gasteiger partial charge is 0.386 e. The maximum atomic E-state index is 11.5. The molecular weight excluding hydrogens is 390 g/mol. The third-order valence-electron chi connectivity index (χ3n) is 6.72. The number of nitrogens with zero attached hydrogens (tertiary/aromatic N) is 5. The van der Waals surface area contributed by atoms with Gasteiger partial charge in [0.15, 0.2) is 5.82 Å². The molecule has 0 aliphatic carbocycles. The Labute approximate surface area is 181 Å². The number of fused-ring (bicyclic) bond motifs is 3. The number of nitriles is 1. The summed E-state index contributed by atoms with van der Waals surface area (Å²) in [6, 6.07) is 10.8. The van der Waals surface area contributed by atoms with Gasteiger partial charge in [-0.25, -0.2) is 4.98 Å². The van der Waals surface area contributed by atoms with Crippen molar-refractivity contribution in [2.75, 3.05) is 11.9 Å². The molecule has 2 bridgehead atoms. The summed E-state index contributed by atoms with van der Waals surface area (Å²) in [6.07, 6.45) is 5.83. The molecule has 0 aromatic carbocycles. The second kappa shape index (κ2) is 8.25. The van der Waals surface area contributed by atoms with Crippen molar-refractivity contribution in [1.29, 1.82) is 5.26 Å². The third-order valence-corrected chi connectivity index (χ3v) is 6.72. The Bertz CT molecular complexity index is 1110. The van der Waals surface area contributed by atoms with E-state index >= 15 is 0 Å². The van der Waals surface area contributed by atoms with Crippen molar-refractivity contribution in [3.63, 3.8) is 0 Å². The second-order valence-electron chi connectivity index (χ2n) is 8.73. The van der Waals surface area contributed by atoms with Gasteiger partial charge < -0.3 is 10.4 Å². The van der Waals surface area contributed by atoms with Crippen LogP contribution in [0.3, 0.4) is 0 Å². The number of anilines is 2. The molecule has 2 unspecified atom stereocenters. The number of aromatic amines is 1. The van der Waals surface area contributed by atoms with E-state index in [9.17, 15) is 5.11 Å². The number of rotatable bonds is 6. The van der Waals surface area contributed by atoms with Crippen molar-refractivity contribution in [2.24, 2.45) is 5.92 Å². The number of nitrogens with one attached hydrogen (secondary N) is 2. The van der Waals surface area contributed by atoms with Crippen LogP contribution in [0, 0.1) is 24.2 Å². The molecule has 3 N–H and O–H groups in total. The summed E-state index contributed by atoms with van der Waals surface area (Å²) in [4.78, 5) is 11.8. The van der Waals surface area contributed by atoms with E-state index in [0.29, 0.717) is 35.8 Å². The van der Waals surface area contributed by atoms with Crippen LogP contribution in [0.4, 0.5) is 11.6 Å². The van der Waals surface area contributed by atoms with Crippen molar-refractivity contribution in [1.82, 2.24) is 25.1 Å². The molecule has 3 aromatic rings. The Morgan fingerprint density at radius 1 is 1.29 bits per heavy atom. The Kier molecular flexibility index (Phi) is 5.30. The number of hydrogen-bond acceptors (Lipinski definition) is 7. The quantitative estimate of drug-likeness (QED) is 0.561. The van der Waals surface area contributed by atoms with Gasteiger partial charge in [0.2, 0.25) is 0 Å². The fourth-order valence-electron chi connectivity index (χ4n) is 5.35. The average molecular weight is 418 g/mol. The van der Waals surface area contributed by atoms with Crippen LogP contribution in [0.15, 0.2) is 30.5 Å². The number of piperidine rings is 1. The summed E-state index contributed by atoms with van der Waals surface area (Å²) in [7, 11) is 0.